The first-order valence-corrected chi connectivity index (χ1v) is 5.08. The zero-order chi connectivity index (χ0) is 8.69. The van der Waals surface area contributed by atoms with E-state index in [0.717, 1.165) is 6.61 Å². The lowest BCUT2D eigenvalue weighted by atomic mass is 10.3. The van der Waals surface area contributed by atoms with Gasteiger partial charge in [-0.1, -0.05) is 0 Å². The first-order valence-electron chi connectivity index (χ1n) is 4.26. The van der Waals surface area contributed by atoms with E-state index < -0.39 is 0 Å². The van der Waals surface area contributed by atoms with Gasteiger partial charge in [-0.15, -0.1) is 0 Å². The van der Waals surface area contributed by atoms with E-state index in [1.165, 1.54) is 19.4 Å². The van der Waals surface area contributed by atoms with Crippen LogP contribution in [0.25, 0.3) is 0 Å². The van der Waals surface area contributed by atoms with Crippen LogP contribution in [0.3, 0.4) is 0 Å². The van der Waals surface area contributed by atoms with Crippen molar-refractivity contribution in [2.45, 2.75) is 25.5 Å². The monoisotopic (exact) mass is 174 g/mol. The van der Waals surface area contributed by atoms with E-state index in [-0.39, 0.29) is 0 Å². The number of hydrogen-bond acceptors (Lipinski definition) is 2. The summed E-state index contributed by atoms with van der Waals surface area (Å²) in [6.07, 6.45) is 2.42. The third kappa shape index (κ3) is 8.04. The molecule has 0 aromatic heterocycles. The van der Waals surface area contributed by atoms with E-state index in [1.807, 2.05) is 17.2 Å². The molecular formula is C8H20NOSi. The zero-order valence-corrected chi connectivity index (χ0v) is 9.38. The molecule has 2 nitrogen and oxygen atoms in total. The molecule has 0 rings (SSSR count). The fourth-order valence-electron chi connectivity index (χ4n) is 0.954. The highest BCUT2D eigenvalue weighted by Crippen LogP contribution is 1.98. The summed E-state index contributed by atoms with van der Waals surface area (Å²) in [5.41, 5.74) is 0.458. The second-order valence-electron chi connectivity index (χ2n) is 3.02. The van der Waals surface area contributed by atoms with E-state index in [9.17, 15) is 0 Å². The molecule has 0 heterocycles. The first-order chi connectivity index (χ1) is 5.16. The lowest BCUT2D eigenvalue weighted by molar-refractivity contribution is 0.110. The molecule has 0 aromatic rings. The average molecular weight is 174 g/mol. The van der Waals surface area contributed by atoms with Crippen molar-refractivity contribution in [2.75, 3.05) is 27.2 Å². The standard InChI is InChI=1S/C8H20NOSi/c1-4-10-8(11)6-5-7-9(2)3/h8H,4-7,11H2,1-3H3. The maximum Gasteiger partial charge on any atom is 0.0467 e. The predicted octanol–water partition coefficient (Wildman–Crippen LogP) is 0.324. The molecular weight excluding hydrogens is 154 g/mol. The lowest BCUT2D eigenvalue weighted by Gasteiger charge is -2.13. The summed E-state index contributed by atoms with van der Waals surface area (Å²) in [7, 11) is 6.15. The summed E-state index contributed by atoms with van der Waals surface area (Å²) in [5.74, 6) is 0. The van der Waals surface area contributed by atoms with Gasteiger partial charge in [-0.2, -0.15) is 0 Å². The first kappa shape index (κ1) is 11.1. The molecule has 0 aliphatic heterocycles. The maximum atomic E-state index is 5.42. The van der Waals surface area contributed by atoms with Gasteiger partial charge in [-0.05, 0) is 40.4 Å². The van der Waals surface area contributed by atoms with Gasteiger partial charge < -0.3 is 9.64 Å². The predicted molar refractivity (Wildman–Crippen MR) is 51.7 cm³/mol. The van der Waals surface area contributed by atoms with Crippen molar-refractivity contribution < 1.29 is 4.74 Å². The van der Waals surface area contributed by atoms with Crippen molar-refractivity contribution in [3.63, 3.8) is 0 Å². The quantitative estimate of drug-likeness (QED) is 0.538. The van der Waals surface area contributed by atoms with Gasteiger partial charge in [0.2, 0.25) is 0 Å². The van der Waals surface area contributed by atoms with Crippen LogP contribution in [0.4, 0.5) is 0 Å². The van der Waals surface area contributed by atoms with Gasteiger partial charge in [-0.3, -0.25) is 0 Å². The van der Waals surface area contributed by atoms with Gasteiger partial charge in [-0.25, -0.2) is 0 Å². The molecule has 0 N–H and O–H groups in total. The average Bonchev–Trinajstić information content (AvgIpc) is 1.87. The third-order valence-electron chi connectivity index (χ3n) is 1.53. The summed E-state index contributed by atoms with van der Waals surface area (Å²) in [6, 6.07) is 0. The minimum absolute atomic E-state index is 0.458. The van der Waals surface area contributed by atoms with E-state index in [4.69, 9.17) is 4.74 Å². The molecule has 0 saturated carbocycles. The van der Waals surface area contributed by atoms with Crippen LogP contribution in [0.2, 0.25) is 0 Å². The summed E-state index contributed by atoms with van der Waals surface area (Å²) in [5, 5.41) is 0. The van der Waals surface area contributed by atoms with Crippen molar-refractivity contribution in [2.24, 2.45) is 0 Å². The van der Waals surface area contributed by atoms with Gasteiger partial charge >= 0.3 is 0 Å². The van der Waals surface area contributed by atoms with Gasteiger partial charge in [0.1, 0.15) is 0 Å². The number of ether oxygens (including phenoxy) is 1. The molecule has 1 atom stereocenters. The van der Waals surface area contributed by atoms with Gasteiger partial charge in [0, 0.05) is 22.6 Å². The van der Waals surface area contributed by atoms with Crippen LogP contribution >= 0.6 is 0 Å². The van der Waals surface area contributed by atoms with Crippen molar-refractivity contribution in [3.05, 3.63) is 0 Å². The van der Waals surface area contributed by atoms with Crippen molar-refractivity contribution in [1.29, 1.82) is 0 Å². The van der Waals surface area contributed by atoms with Crippen LogP contribution in [0.5, 0.6) is 0 Å². The Hall–Kier alpha value is 0.137. The molecule has 11 heavy (non-hydrogen) atoms. The largest absolute Gasteiger partial charge is 0.383 e. The molecule has 0 bridgehead atoms. The molecule has 0 aliphatic rings. The molecule has 67 valence electrons. The Morgan fingerprint density at radius 1 is 1.45 bits per heavy atom. The topological polar surface area (TPSA) is 12.5 Å². The van der Waals surface area contributed by atoms with Crippen LogP contribution < -0.4 is 0 Å². The molecule has 1 unspecified atom stereocenters. The number of rotatable bonds is 6. The highest BCUT2D eigenvalue weighted by Gasteiger charge is 1.99. The minimum atomic E-state index is 0.458. The number of hydrogen-bond donors (Lipinski definition) is 0. The third-order valence-corrected chi connectivity index (χ3v) is 2.18. The SMILES string of the molecule is CCOC([SiH2])CCCN(C)C. The van der Waals surface area contributed by atoms with Crippen molar-refractivity contribution in [3.8, 4) is 0 Å². The molecule has 0 aliphatic carbocycles. The van der Waals surface area contributed by atoms with Crippen LogP contribution in [0.1, 0.15) is 19.8 Å². The fourth-order valence-corrected chi connectivity index (χ4v) is 1.48. The summed E-state index contributed by atoms with van der Waals surface area (Å²) >= 11 is 0. The second kappa shape index (κ2) is 6.82. The van der Waals surface area contributed by atoms with Crippen molar-refractivity contribution >= 4 is 10.2 Å². The Bertz CT molecular complexity index is 88.2. The van der Waals surface area contributed by atoms with Crippen LogP contribution in [0.15, 0.2) is 0 Å². The fraction of sp³-hybridized carbons (Fsp3) is 1.00. The molecule has 0 fully saturated rings. The summed E-state index contributed by atoms with van der Waals surface area (Å²) in [6.45, 7) is 4.06. The zero-order valence-electron chi connectivity index (χ0n) is 7.97. The summed E-state index contributed by atoms with van der Waals surface area (Å²) in [4.78, 5) is 2.21. The molecule has 0 amide bonds. The van der Waals surface area contributed by atoms with E-state index in [2.05, 4.69) is 19.0 Å². The van der Waals surface area contributed by atoms with Crippen LogP contribution in [0, 0.1) is 0 Å². The maximum absolute atomic E-state index is 5.42. The van der Waals surface area contributed by atoms with E-state index >= 15 is 0 Å². The summed E-state index contributed by atoms with van der Waals surface area (Å²) < 4.78 is 5.42. The molecule has 0 spiro atoms. The highest BCUT2D eigenvalue weighted by molar-refractivity contribution is 6.10. The van der Waals surface area contributed by atoms with Crippen LogP contribution in [-0.2, 0) is 4.74 Å². The van der Waals surface area contributed by atoms with Gasteiger partial charge in [0.05, 0.1) is 0 Å². The normalized spacial score (nSPS) is 13.9. The van der Waals surface area contributed by atoms with Crippen molar-refractivity contribution in [1.82, 2.24) is 4.90 Å². The smallest absolute Gasteiger partial charge is 0.0467 e. The Balaban J connectivity index is 3.10. The molecule has 0 aromatic carbocycles. The molecule has 1 radical (unpaired) electrons. The minimum Gasteiger partial charge on any atom is -0.383 e. The Morgan fingerprint density at radius 2 is 2.09 bits per heavy atom. The lowest BCUT2D eigenvalue weighted by Crippen LogP contribution is -2.18. The Morgan fingerprint density at radius 3 is 2.55 bits per heavy atom. The van der Waals surface area contributed by atoms with Gasteiger partial charge in [0.25, 0.3) is 0 Å². The second-order valence-corrected chi connectivity index (χ2v) is 3.93. The highest BCUT2D eigenvalue weighted by atomic mass is 28.1. The number of nitrogens with zero attached hydrogens (tertiary/aromatic N) is 1. The molecule has 0 saturated heterocycles. The van der Waals surface area contributed by atoms with E-state index in [0.29, 0.717) is 5.73 Å². The molecule has 3 heteroatoms. The van der Waals surface area contributed by atoms with E-state index in [1.54, 1.807) is 0 Å². The Labute approximate surface area is 73.3 Å². The van der Waals surface area contributed by atoms with Gasteiger partial charge in [0.15, 0.2) is 0 Å². The van der Waals surface area contributed by atoms with Crippen LogP contribution in [-0.4, -0.2) is 48.1 Å². The Kier molecular flexibility index (Phi) is 6.91.